The van der Waals surface area contributed by atoms with Crippen LogP contribution in [-0.2, 0) is 16.1 Å². The summed E-state index contributed by atoms with van der Waals surface area (Å²) in [6.07, 6.45) is -0.494. The highest BCUT2D eigenvalue weighted by Crippen LogP contribution is 2.34. The third-order valence-corrected chi connectivity index (χ3v) is 5.94. The van der Waals surface area contributed by atoms with Gasteiger partial charge in [0.1, 0.15) is 5.01 Å². The molecule has 4 heterocycles. The number of amides is 1. The molecule has 2 aliphatic heterocycles. The highest BCUT2D eigenvalue weighted by molar-refractivity contribution is 7.09. The molecular weight excluding hydrogens is 439 g/mol. The number of carboxylic acids is 1. The lowest BCUT2D eigenvalue weighted by atomic mass is 9.84. The summed E-state index contributed by atoms with van der Waals surface area (Å²) in [7, 11) is 0. The molecule has 2 saturated heterocycles. The number of nitrogens with one attached hydrogen (secondary N) is 1. The van der Waals surface area contributed by atoms with Gasteiger partial charge in [-0.25, -0.2) is 9.78 Å². The summed E-state index contributed by atoms with van der Waals surface area (Å²) in [5.41, 5.74) is 0. The summed E-state index contributed by atoms with van der Waals surface area (Å²) in [6.45, 7) is 4.37. The Bertz CT molecular complexity index is 845. The van der Waals surface area contributed by atoms with Gasteiger partial charge in [0.15, 0.2) is 5.76 Å². The summed E-state index contributed by atoms with van der Waals surface area (Å²) in [6, 6.07) is 3.39. The first-order chi connectivity index (χ1) is 14.7. The number of nitrogens with zero attached hydrogens (tertiary/aromatic N) is 2. The number of likely N-dealkylation sites (tertiary alicyclic amines) is 1. The summed E-state index contributed by atoms with van der Waals surface area (Å²) in [4.78, 5) is 27.7. The first kappa shape index (κ1) is 23.2. The van der Waals surface area contributed by atoms with Crippen molar-refractivity contribution in [3.05, 3.63) is 40.7 Å². The molecule has 0 bridgehead atoms. The van der Waals surface area contributed by atoms with E-state index in [1.807, 2.05) is 11.6 Å². The number of carbonyl (C=O) groups excluding carboxylic acids is 1. The van der Waals surface area contributed by atoms with Gasteiger partial charge in [0.25, 0.3) is 5.91 Å². The molecule has 31 heavy (non-hydrogen) atoms. The second-order valence-electron chi connectivity index (χ2n) is 7.24. The van der Waals surface area contributed by atoms with Crippen molar-refractivity contribution in [3.8, 4) is 0 Å². The number of carboxylic acid groups (broad SMARTS) is 1. The zero-order valence-electron chi connectivity index (χ0n) is 16.4. The van der Waals surface area contributed by atoms with Crippen LogP contribution < -0.4 is 5.32 Å². The van der Waals surface area contributed by atoms with E-state index in [9.17, 15) is 18.0 Å². The van der Waals surface area contributed by atoms with Crippen molar-refractivity contribution < 1.29 is 37.0 Å². The minimum atomic E-state index is -5.08. The fourth-order valence-electron chi connectivity index (χ4n) is 3.73. The van der Waals surface area contributed by atoms with Crippen molar-refractivity contribution in [2.24, 2.45) is 11.8 Å². The maximum Gasteiger partial charge on any atom is 0.490 e. The van der Waals surface area contributed by atoms with Crippen LogP contribution in [0.1, 0.15) is 22.0 Å². The predicted molar refractivity (Wildman–Crippen MR) is 103 cm³/mol. The Kier molecular flexibility index (Phi) is 7.68. The highest BCUT2D eigenvalue weighted by Gasteiger charge is 2.41. The monoisotopic (exact) mass is 461 g/mol. The molecule has 0 unspecified atom stereocenters. The van der Waals surface area contributed by atoms with Crippen molar-refractivity contribution in [2.75, 3.05) is 26.2 Å². The van der Waals surface area contributed by atoms with Crippen molar-refractivity contribution in [1.29, 1.82) is 0 Å². The minimum absolute atomic E-state index is 0.107. The van der Waals surface area contributed by atoms with Crippen molar-refractivity contribution >= 4 is 23.2 Å². The molecule has 3 atom stereocenters. The smallest absolute Gasteiger partial charge is 0.475 e. The Labute approximate surface area is 180 Å². The summed E-state index contributed by atoms with van der Waals surface area (Å²) >= 11 is 1.71. The lowest BCUT2D eigenvalue weighted by Gasteiger charge is -2.35. The van der Waals surface area contributed by atoms with Crippen LogP contribution in [0.5, 0.6) is 0 Å². The van der Waals surface area contributed by atoms with E-state index in [0.717, 1.165) is 32.7 Å². The van der Waals surface area contributed by atoms with Gasteiger partial charge in [0.05, 0.1) is 25.5 Å². The standard InChI is InChI=1S/C17H21N3O3S.C2HF3O2/c21-17(14-2-1-6-22-14)19-8-15-13-3-5-20(9-12(13)11-23-15)10-16-18-4-7-24-16;3-2(4,5)1(6)7/h1-2,4,6-7,12-13,15H,3,5,8-11H2,(H,19,21);(H,6,7)/t12-,13-,15+;/m1./s1. The number of aromatic nitrogens is 1. The van der Waals surface area contributed by atoms with Crippen LogP contribution in [0, 0.1) is 11.8 Å². The van der Waals surface area contributed by atoms with Crippen molar-refractivity contribution in [1.82, 2.24) is 15.2 Å². The van der Waals surface area contributed by atoms with E-state index in [1.165, 1.54) is 11.3 Å². The number of carbonyl (C=O) groups is 2. The fraction of sp³-hybridized carbons (Fsp3) is 0.526. The average Bonchev–Trinajstić information content (AvgIpc) is 3.48. The Morgan fingerprint density at radius 1 is 1.39 bits per heavy atom. The molecule has 0 spiro atoms. The zero-order valence-corrected chi connectivity index (χ0v) is 17.2. The van der Waals surface area contributed by atoms with Gasteiger partial charge in [-0.2, -0.15) is 13.2 Å². The van der Waals surface area contributed by atoms with E-state index < -0.39 is 12.1 Å². The first-order valence-electron chi connectivity index (χ1n) is 9.58. The normalized spacial score (nSPS) is 23.5. The fourth-order valence-corrected chi connectivity index (χ4v) is 4.38. The number of ether oxygens (including phenoxy) is 1. The lowest BCUT2D eigenvalue weighted by Crippen LogP contribution is -2.43. The molecule has 2 aromatic rings. The molecule has 170 valence electrons. The number of furan rings is 1. The minimum Gasteiger partial charge on any atom is -0.475 e. The molecule has 8 nitrogen and oxygen atoms in total. The van der Waals surface area contributed by atoms with Gasteiger partial charge in [-0.3, -0.25) is 9.69 Å². The molecule has 0 aromatic carbocycles. The Hall–Kier alpha value is -2.44. The topological polar surface area (TPSA) is 105 Å². The van der Waals surface area contributed by atoms with E-state index in [2.05, 4.69) is 15.2 Å². The van der Waals surface area contributed by atoms with E-state index in [4.69, 9.17) is 19.1 Å². The number of hydrogen-bond acceptors (Lipinski definition) is 7. The van der Waals surface area contributed by atoms with Gasteiger partial charge in [0.2, 0.25) is 0 Å². The maximum atomic E-state index is 12.0. The summed E-state index contributed by atoms with van der Waals surface area (Å²) in [5, 5.41) is 13.3. The molecule has 12 heteroatoms. The Morgan fingerprint density at radius 2 is 2.16 bits per heavy atom. The lowest BCUT2D eigenvalue weighted by molar-refractivity contribution is -0.192. The van der Waals surface area contributed by atoms with Crippen LogP contribution >= 0.6 is 11.3 Å². The van der Waals surface area contributed by atoms with Crippen LogP contribution in [0.3, 0.4) is 0 Å². The third-order valence-electron chi connectivity index (χ3n) is 5.17. The second-order valence-corrected chi connectivity index (χ2v) is 8.21. The number of fused-ring (bicyclic) bond motifs is 1. The Morgan fingerprint density at radius 3 is 2.77 bits per heavy atom. The van der Waals surface area contributed by atoms with Gasteiger partial charge in [-0.05, 0) is 31.0 Å². The number of alkyl halides is 3. The number of aliphatic carboxylic acids is 1. The molecule has 2 N–H and O–H groups in total. The van der Waals surface area contributed by atoms with Gasteiger partial charge in [-0.1, -0.05) is 0 Å². The first-order valence-corrected chi connectivity index (χ1v) is 10.5. The van der Waals surface area contributed by atoms with Gasteiger partial charge in [-0.15, -0.1) is 11.3 Å². The largest absolute Gasteiger partial charge is 0.490 e. The van der Waals surface area contributed by atoms with Gasteiger partial charge in [0, 0.05) is 30.6 Å². The molecule has 4 rings (SSSR count). The molecule has 0 aliphatic carbocycles. The molecule has 2 aliphatic rings. The molecule has 2 fully saturated rings. The Balaban J connectivity index is 0.000000339. The number of rotatable bonds is 5. The van der Waals surface area contributed by atoms with Gasteiger partial charge < -0.3 is 19.6 Å². The second kappa shape index (κ2) is 10.2. The highest BCUT2D eigenvalue weighted by atomic mass is 32.1. The number of halogens is 3. The molecule has 0 saturated carbocycles. The van der Waals surface area contributed by atoms with Crippen LogP contribution in [0.25, 0.3) is 0 Å². The number of hydrogen-bond donors (Lipinski definition) is 2. The molecule has 1 amide bonds. The van der Waals surface area contributed by atoms with Gasteiger partial charge >= 0.3 is 12.1 Å². The SMILES string of the molecule is O=C(NC[C@@H]1OC[C@H]2CN(Cc3nccs3)CC[C@H]21)c1ccco1.O=C(O)C(F)(F)F. The summed E-state index contributed by atoms with van der Waals surface area (Å²) < 4.78 is 42.8. The quantitative estimate of drug-likeness (QED) is 0.705. The number of thiazole rings is 1. The molecular formula is C19H22F3N3O5S. The average molecular weight is 461 g/mol. The van der Waals surface area contributed by atoms with E-state index in [-0.39, 0.29) is 12.0 Å². The van der Waals surface area contributed by atoms with Crippen molar-refractivity contribution in [2.45, 2.75) is 25.2 Å². The van der Waals surface area contributed by atoms with Crippen molar-refractivity contribution in [3.63, 3.8) is 0 Å². The van der Waals surface area contributed by atoms with Crippen LogP contribution in [0.15, 0.2) is 34.4 Å². The van der Waals surface area contributed by atoms with E-state index in [1.54, 1.807) is 23.5 Å². The van der Waals surface area contributed by atoms with Crippen LogP contribution in [0.4, 0.5) is 13.2 Å². The number of piperidine rings is 1. The summed E-state index contributed by atoms with van der Waals surface area (Å²) in [5.74, 6) is -1.51. The zero-order chi connectivity index (χ0) is 22.4. The molecule has 0 radical (unpaired) electrons. The van der Waals surface area contributed by atoms with Crippen LogP contribution in [-0.4, -0.2) is 65.4 Å². The predicted octanol–water partition coefficient (Wildman–Crippen LogP) is 2.64. The van der Waals surface area contributed by atoms with E-state index >= 15 is 0 Å². The maximum absolute atomic E-state index is 12.0. The molecule has 2 aromatic heterocycles. The van der Waals surface area contributed by atoms with E-state index in [0.29, 0.717) is 24.1 Å². The third kappa shape index (κ3) is 6.52. The van der Waals surface area contributed by atoms with Crippen LogP contribution in [0.2, 0.25) is 0 Å².